The number of hydrogen-bond acceptors (Lipinski definition) is 5. The van der Waals surface area contributed by atoms with E-state index >= 15 is 0 Å². The second-order valence-electron chi connectivity index (χ2n) is 8.41. The first-order valence-corrected chi connectivity index (χ1v) is 13.2. The van der Waals surface area contributed by atoms with Gasteiger partial charge in [-0.2, -0.15) is 5.10 Å². The zero-order chi connectivity index (χ0) is 27.0. The van der Waals surface area contributed by atoms with E-state index in [2.05, 4.69) is 10.5 Å². The number of carbonyl (C=O) groups is 1. The molecule has 4 aromatic carbocycles. The molecule has 0 aliphatic rings. The third-order valence-electron chi connectivity index (χ3n) is 5.55. The summed E-state index contributed by atoms with van der Waals surface area (Å²) in [4.78, 5) is 12.6. The molecule has 0 aliphatic carbocycles. The predicted molar refractivity (Wildman–Crippen MR) is 145 cm³/mol. The minimum Gasteiger partial charge on any atom is -0.489 e. The van der Waals surface area contributed by atoms with E-state index in [-0.39, 0.29) is 10.6 Å². The number of hydrogen-bond donors (Lipinski definition) is 1. The number of halogens is 1. The van der Waals surface area contributed by atoms with Crippen LogP contribution < -0.4 is 14.5 Å². The molecule has 1 amide bonds. The Morgan fingerprint density at radius 3 is 2.26 bits per heavy atom. The number of hydrazone groups is 1. The van der Waals surface area contributed by atoms with Gasteiger partial charge in [-0.05, 0) is 66.6 Å². The van der Waals surface area contributed by atoms with Gasteiger partial charge in [-0.15, -0.1) is 0 Å². The van der Waals surface area contributed by atoms with Crippen molar-refractivity contribution in [3.63, 3.8) is 0 Å². The Bertz CT molecular complexity index is 1510. The summed E-state index contributed by atoms with van der Waals surface area (Å²) in [5.41, 5.74) is 4.68. The highest BCUT2D eigenvalue weighted by Gasteiger charge is 2.29. The lowest BCUT2D eigenvalue weighted by atomic mass is 10.2. The van der Waals surface area contributed by atoms with Crippen LogP contribution in [0, 0.1) is 12.7 Å². The van der Waals surface area contributed by atoms with Crippen molar-refractivity contribution in [2.45, 2.75) is 18.4 Å². The average molecular weight is 532 g/mol. The molecule has 0 bridgehead atoms. The number of carbonyl (C=O) groups excluding carboxylic acids is 1. The van der Waals surface area contributed by atoms with Crippen molar-refractivity contribution in [2.75, 3.05) is 10.8 Å². The van der Waals surface area contributed by atoms with Crippen molar-refractivity contribution < 1.29 is 22.3 Å². The summed E-state index contributed by atoms with van der Waals surface area (Å²) in [7, 11) is -4.23. The number of para-hydroxylation sites is 1. The first-order valence-electron chi connectivity index (χ1n) is 11.8. The van der Waals surface area contributed by atoms with Crippen molar-refractivity contribution in [3.05, 3.63) is 126 Å². The van der Waals surface area contributed by atoms with Gasteiger partial charge in [0.1, 0.15) is 24.7 Å². The second-order valence-corrected chi connectivity index (χ2v) is 10.3. The highest BCUT2D eigenvalue weighted by molar-refractivity contribution is 7.92. The first kappa shape index (κ1) is 26.6. The molecule has 4 aromatic rings. The van der Waals surface area contributed by atoms with Crippen molar-refractivity contribution in [1.82, 2.24) is 5.43 Å². The molecule has 0 fully saturated rings. The maximum Gasteiger partial charge on any atom is 0.264 e. The molecule has 1 N–H and O–H groups in total. The molecule has 0 aliphatic heterocycles. The number of nitrogens with zero attached hydrogens (tertiary/aromatic N) is 2. The number of rotatable bonds is 10. The van der Waals surface area contributed by atoms with Crippen LogP contribution in [0.2, 0.25) is 0 Å². The highest BCUT2D eigenvalue weighted by Crippen LogP contribution is 2.26. The van der Waals surface area contributed by atoms with Crippen LogP contribution in [0.4, 0.5) is 10.1 Å². The molecule has 0 atom stereocenters. The van der Waals surface area contributed by atoms with Crippen molar-refractivity contribution >= 4 is 27.8 Å². The minimum absolute atomic E-state index is 0.0581. The Labute approximate surface area is 221 Å². The fourth-order valence-corrected chi connectivity index (χ4v) is 4.96. The van der Waals surface area contributed by atoms with E-state index in [1.54, 1.807) is 36.4 Å². The predicted octanol–water partition coefficient (Wildman–Crippen LogP) is 5.06. The molecule has 0 aromatic heterocycles. The summed E-state index contributed by atoms with van der Waals surface area (Å²) in [6, 6.07) is 28.4. The van der Waals surface area contributed by atoms with Crippen LogP contribution in [0.25, 0.3) is 0 Å². The summed E-state index contributed by atoms with van der Waals surface area (Å²) >= 11 is 0. The van der Waals surface area contributed by atoms with Crippen LogP contribution in [-0.4, -0.2) is 27.1 Å². The smallest absolute Gasteiger partial charge is 0.264 e. The first-order chi connectivity index (χ1) is 18.3. The molecule has 4 rings (SSSR count). The van der Waals surface area contributed by atoms with E-state index in [1.165, 1.54) is 36.5 Å². The Morgan fingerprint density at radius 2 is 1.58 bits per heavy atom. The number of ether oxygens (including phenoxy) is 1. The van der Waals surface area contributed by atoms with Crippen molar-refractivity contribution in [1.29, 1.82) is 0 Å². The molecular weight excluding hydrogens is 505 g/mol. The molecule has 0 heterocycles. The number of benzene rings is 4. The van der Waals surface area contributed by atoms with E-state index in [4.69, 9.17) is 4.74 Å². The van der Waals surface area contributed by atoms with Gasteiger partial charge in [0, 0.05) is 0 Å². The molecule has 0 spiro atoms. The Kier molecular flexibility index (Phi) is 8.50. The zero-order valence-electron chi connectivity index (χ0n) is 20.6. The van der Waals surface area contributed by atoms with Gasteiger partial charge in [0.05, 0.1) is 16.8 Å². The Hall–Kier alpha value is -4.50. The number of nitrogens with one attached hydrogen (secondary N) is 1. The second kappa shape index (κ2) is 12.2. The third kappa shape index (κ3) is 6.83. The lowest BCUT2D eigenvalue weighted by Crippen LogP contribution is -2.40. The Balaban J connectivity index is 1.42. The van der Waals surface area contributed by atoms with Crippen molar-refractivity contribution in [2.24, 2.45) is 5.10 Å². The topological polar surface area (TPSA) is 88.1 Å². The number of amides is 1. The molecule has 0 radical (unpaired) electrons. The van der Waals surface area contributed by atoms with Gasteiger partial charge < -0.3 is 4.74 Å². The van der Waals surface area contributed by atoms with Gasteiger partial charge in [0.15, 0.2) is 0 Å². The van der Waals surface area contributed by atoms with Crippen molar-refractivity contribution in [3.8, 4) is 5.75 Å². The standard InChI is InChI=1S/C29H26FN3O4S/c1-22-11-17-26(18-12-22)38(35,36)33(28-10-6-5-9-27(28)30)20-29(34)32-31-19-23-13-15-25(16-14-23)37-21-24-7-3-2-4-8-24/h2-19H,20-21H2,1H3,(H,32,34)/b31-19+. The lowest BCUT2D eigenvalue weighted by molar-refractivity contribution is -0.119. The van der Waals surface area contributed by atoms with Crippen LogP contribution in [0.15, 0.2) is 113 Å². The summed E-state index contributed by atoms with van der Waals surface area (Å²) in [5.74, 6) is -0.825. The fourth-order valence-electron chi connectivity index (χ4n) is 3.53. The van der Waals surface area contributed by atoms with Gasteiger partial charge in [-0.1, -0.05) is 60.2 Å². The van der Waals surface area contributed by atoms with Gasteiger partial charge in [-0.3, -0.25) is 9.10 Å². The summed E-state index contributed by atoms with van der Waals surface area (Å²) in [6.07, 6.45) is 1.42. The van der Waals surface area contributed by atoms with Crippen LogP contribution in [0.5, 0.6) is 5.75 Å². The molecule has 38 heavy (non-hydrogen) atoms. The monoisotopic (exact) mass is 531 g/mol. The van der Waals surface area contributed by atoms with E-state index in [0.717, 1.165) is 21.5 Å². The maximum atomic E-state index is 14.6. The number of anilines is 1. The summed E-state index contributed by atoms with van der Waals surface area (Å²) < 4.78 is 47.7. The molecular formula is C29H26FN3O4S. The lowest BCUT2D eigenvalue weighted by Gasteiger charge is -2.24. The number of sulfonamides is 1. The van der Waals surface area contributed by atoms with Crippen LogP contribution in [0.3, 0.4) is 0 Å². The van der Waals surface area contributed by atoms with Crippen LogP contribution in [-0.2, 0) is 21.4 Å². The SMILES string of the molecule is Cc1ccc(S(=O)(=O)N(CC(=O)N/N=C/c2ccc(OCc3ccccc3)cc2)c2ccccc2F)cc1. The van der Waals surface area contributed by atoms with E-state index < -0.39 is 28.3 Å². The van der Waals surface area contributed by atoms with E-state index in [9.17, 15) is 17.6 Å². The molecule has 9 heteroatoms. The number of aryl methyl sites for hydroxylation is 1. The summed E-state index contributed by atoms with van der Waals surface area (Å²) in [5, 5.41) is 3.92. The van der Waals surface area contributed by atoms with Gasteiger partial charge in [0.25, 0.3) is 15.9 Å². The molecule has 7 nitrogen and oxygen atoms in total. The van der Waals surface area contributed by atoms with E-state index in [0.29, 0.717) is 17.9 Å². The van der Waals surface area contributed by atoms with Crippen LogP contribution in [0.1, 0.15) is 16.7 Å². The van der Waals surface area contributed by atoms with Gasteiger partial charge in [-0.25, -0.2) is 18.2 Å². The molecule has 0 saturated heterocycles. The minimum atomic E-state index is -4.23. The largest absolute Gasteiger partial charge is 0.489 e. The van der Waals surface area contributed by atoms with Crippen LogP contribution >= 0.6 is 0 Å². The average Bonchev–Trinajstić information content (AvgIpc) is 2.92. The molecule has 0 unspecified atom stereocenters. The van der Waals surface area contributed by atoms with Gasteiger partial charge >= 0.3 is 0 Å². The van der Waals surface area contributed by atoms with E-state index in [1.807, 2.05) is 37.3 Å². The summed E-state index contributed by atoms with van der Waals surface area (Å²) in [6.45, 7) is 1.59. The highest BCUT2D eigenvalue weighted by atomic mass is 32.2. The normalized spacial score (nSPS) is 11.3. The quantitative estimate of drug-likeness (QED) is 0.229. The van der Waals surface area contributed by atoms with Gasteiger partial charge in [0.2, 0.25) is 0 Å². The third-order valence-corrected chi connectivity index (χ3v) is 7.32. The maximum absolute atomic E-state index is 14.6. The fraction of sp³-hybridized carbons (Fsp3) is 0.103. The molecule has 0 saturated carbocycles. The Morgan fingerprint density at radius 1 is 0.921 bits per heavy atom. The molecule has 194 valence electrons. The zero-order valence-corrected chi connectivity index (χ0v) is 21.4.